The number of aromatic nitrogens is 3. The first-order valence-corrected chi connectivity index (χ1v) is 10.4. The van der Waals surface area contributed by atoms with Gasteiger partial charge in [-0.1, -0.05) is 13.3 Å². The standard InChI is InChI=1S/C23H25FN4O3/c1-4-5-20(29)18-6-12(2)16(11-25-18)14-7-13-10-26-21(9-19(13)28(3)23(14)31)27-22(30)15-8-17(15)24/h6-7,9-11,15,17,20,29H,4-5,8H2,1-3H3,(H,26,27,30)/t15-,17+,20?/m0/s1. The molecule has 0 bridgehead atoms. The first-order valence-electron chi connectivity index (χ1n) is 10.4. The molecule has 0 saturated heterocycles. The average Bonchev–Trinajstić information content (AvgIpc) is 3.48. The second-order valence-electron chi connectivity index (χ2n) is 8.13. The van der Waals surface area contributed by atoms with Gasteiger partial charge < -0.3 is 15.0 Å². The monoisotopic (exact) mass is 424 g/mol. The molecule has 1 unspecified atom stereocenters. The summed E-state index contributed by atoms with van der Waals surface area (Å²) in [5.41, 5.74) is 3.00. The van der Waals surface area contributed by atoms with Crippen molar-refractivity contribution in [2.45, 2.75) is 45.4 Å². The molecule has 1 fully saturated rings. The van der Waals surface area contributed by atoms with E-state index in [1.54, 1.807) is 31.6 Å². The maximum atomic E-state index is 13.1. The topological polar surface area (TPSA) is 97.1 Å². The van der Waals surface area contributed by atoms with Gasteiger partial charge in [-0.2, -0.15) is 0 Å². The Labute approximate surface area is 179 Å². The van der Waals surface area contributed by atoms with Gasteiger partial charge >= 0.3 is 0 Å². The van der Waals surface area contributed by atoms with Crippen LogP contribution in [0.15, 0.2) is 35.4 Å². The van der Waals surface area contributed by atoms with E-state index in [-0.39, 0.29) is 17.8 Å². The molecule has 3 aromatic rings. The number of hydrogen-bond acceptors (Lipinski definition) is 5. The number of halogens is 1. The number of hydrogen-bond donors (Lipinski definition) is 2. The van der Waals surface area contributed by atoms with Gasteiger partial charge in [0.05, 0.1) is 23.2 Å². The fraction of sp³-hybridized carbons (Fsp3) is 0.391. The molecule has 1 saturated carbocycles. The van der Waals surface area contributed by atoms with Crippen LogP contribution in [0.3, 0.4) is 0 Å². The van der Waals surface area contributed by atoms with Crippen molar-refractivity contribution in [1.82, 2.24) is 14.5 Å². The molecule has 4 rings (SSSR count). The van der Waals surface area contributed by atoms with Crippen molar-refractivity contribution in [2.75, 3.05) is 5.32 Å². The van der Waals surface area contributed by atoms with E-state index in [0.717, 1.165) is 17.4 Å². The van der Waals surface area contributed by atoms with Gasteiger partial charge in [-0.15, -0.1) is 0 Å². The molecular weight excluding hydrogens is 399 g/mol. The van der Waals surface area contributed by atoms with Gasteiger partial charge in [0, 0.05) is 42.0 Å². The summed E-state index contributed by atoms with van der Waals surface area (Å²) in [5.74, 6) is -0.725. The van der Waals surface area contributed by atoms with Gasteiger partial charge in [-0.05, 0) is 37.5 Å². The van der Waals surface area contributed by atoms with Crippen LogP contribution in [-0.2, 0) is 11.8 Å². The van der Waals surface area contributed by atoms with Gasteiger partial charge in [-0.3, -0.25) is 14.6 Å². The zero-order chi connectivity index (χ0) is 22.3. The number of rotatable bonds is 6. The second kappa shape index (κ2) is 8.19. The summed E-state index contributed by atoms with van der Waals surface area (Å²) in [6.07, 6.45) is 3.20. The molecule has 31 heavy (non-hydrogen) atoms. The molecule has 8 heteroatoms. The Morgan fingerprint density at radius 2 is 2.03 bits per heavy atom. The van der Waals surface area contributed by atoms with Crippen LogP contribution in [0.1, 0.15) is 43.5 Å². The van der Waals surface area contributed by atoms with Crippen LogP contribution in [0.5, 0.6) is 0 Å². The predicted molar refractivity (Wildman–Crippen MR) is 116 cm³/mol. The molecule has 0 radical (unpaired) electrons. The lowest BCUT2D eigenvalue weighted by atomic mass is 10.0. The van der Waals surface area contributed by atoms with E-state index < -0.39 is 24.1 Å². The molecule has 7 nitrogen and oxygen atoms in total. The van der Waals surface area contributed by atoms with Crippen molar-refractivity contribution in [3.63, 3.8) is 0 Å². The molecule has 1 aliphatic rings. The number of alkyl halides is 1. The number of carbonyl (C=O) groups excluding carboxylic acids is 1. The number of anilines is 1. The molecule has 0 aliphatic heterocycles. The number of carbonyl (C=O) groups is 1. The van der Waals surface area contributed by atoms with Crippen LogP contribution < -0.4 is 10.9 Å². The zero-order valence-corrected chi connectivity index (χ0v) is 17.7. The normalized spacial score (nSPS) is 18.7. The van der Waals surface area contributed by atoms with E-state index in [2.05, 4.69) is 15.3 Å². The van der Waals surface area contributed by atoms with Crippen molar-refractivity contribution in [1.29, 1.82) is 0 Å². The fourth-order valence-electron chi connectivity index (χ4n) is 3.74. The van der Waals surface area contributed by atoms with Gasteiger partial charge in [-0.25, -0.2) is 9.37 Å². The molecule has 162 valence electrons. The number of amides is 1. The van der Waals surface area contributed by atoms with Crippen molar-refractivity contribution in [3.05, 3.63) is 52.2 Å². The Balaban J connectivity index is 1.70. The molecule has 0 aromatic carbocycles. The first-order chi connectivity index (χ1) is 14.8. The molecule has 1 aliphatic carbocycles. The number of aryl methyl sites for hydroxylation is 2. The van der Waals surface area contributed by atoms with Gasteiger partial charge in [0.2, 0.25) is 5.91 Å². The lowest BCUT2D eigenvalue weighted by Gasteiger charge is -2.14. The van der Waals surface area contributed by atoms with Gasteiger partial charge in [0.25, 0.3) is 5.56 Å². The molecule has 0 spiro atoms. The van der Waals surface area contributed by atoms with Gasteiger partial charge in [0.15, 0.2) is 0 Å². The van der Waals surface area contributed by atoms with E-state index in [9.17, 15) is 19.1 Å². The van der Waals surface area contributed by atoms with Crippen molar-refractivity contribution in [2.24, 2.45) is 13.0 Å². The minimum Gasteiger partial charge on any atom is -0.387 e. The number of nitrogens with one attached hydrogen (secondary N) is 1. The Morgan fingerprint density at radius 1 is 1.29 bits per heavy atom. The Kier molecular flexibility index (Phi) is 5.58. The highest BCUT2D eigenvalue weighted by atomic mass is 19.1. The quantitative estimate of drug-likeness (QED) is 0.632. The highest BCUT2D eigenvalue weighted by molar-refractivity contribution is 5.95. The number of aliphatic hydroxyl groups excluding tert-OH is 1. The molecule has 3 aromatic heterocycles. The summed E-state index contributed by atoms with van der Waals surface area (Å²) in [6.45, 7) is 3.88. The van der Waals surface area contributed by atoms with Crippen molar-refractivity contribution < 1.29 is 14.3 Å². The molecular formula is C23H25FN4O3. The average molecular weight is 424 g/mol. The third-order valence-corrected chi connectivity index (χ3v) is 5.73. The highest BCUT2D eigenvalue weighted by Crippen LogP contribution is 2.34. The van der Waals surface area contributed by atoms with Crippen LogP contribution >= 0.6 is 0 Å². The SMILES string of the molecule is CCCC(O)c1cc(C)c(-c2cc3cnc(NC(=O)[C@H]4C[C@H]4F)cc3n(C)c2=O)cn1. The summed E-state index contributed by atoms with van der Waals surface area (Å²) in [6, 6.07) is 5.18. The second-order valence-corrected chi connectivity index (χ2v) is 8.13. The fourth-order valence-corrected chi connectivity index (χ4v) is 3.74. The third kappa shape index (κ3) is 4.07. The first kappa shape index (κ1) is 21.1. The van der Waals surface area contributed by atoms with Gasteiger partial charge in [0.1, 0.15) is 12.0 Å². The number of pyridine rings is 3. The maximum absolute atomic E-state index is 13.1. The van der Waals surface area contributed by atoms with E-state index in [4.69, 9.17) is 0 Å². The van der Waals surface area contributed by atoms with Crippen molar-refractivity contribution >= 4 is 22.6 Å². The van der Waals surface area contributed by atoms with Crippen LogP contribution in [0.2, 0.25) is 0 Å². The predicted octanol–water partition coefficient (Wildman–Crippen LogP) is 3.43. The summed E-state index contributed by atoms with van der Waals surface area (Å²) in [7, 11) is 1.65. The molecule has 3 heterocycles. The maximum Gasteiger partial charge on any atom is 0.258 e. The van der Waals surface area contributed by atoms with E-state index in [0.29, 0.717) is 28.8 Å². The minimum absolute atomic E-state index is 0.214. The van der Waals surface area contributed by atoms with E-state index in [1.165, 1.54) is 4.57 Å². The van der Waals surface area contributed by atoms with Crippen LogP contribution in [-0.4, -0.2) is 31.7 Å². The number of nitrogens with zero attached hydrogens (tertiary/aromatic N) is 3. The van der Waals surface area contributed by atoms with E-state index >= 15 is 0 Å². The highest BCUT2D eigenvalue weighted by Gasteiger charge is 2.43. The molecule has 2 N–H and O–H groups in total. The Bertz CT molecular complexity index is 1220. The number of aliphatic hydroxyl groups is 1. The lowest BCUT2D eigenvalue weighted by molar-refractivity contribution is -0.117. The minimum atomic E-state index is -1.08. The van der Waals surface area contributed by atoms with E-state index in [1.807, 2.05) is 19.9 Å². The Hall–Kier alpha value is -3.13. The summed E-state index contributed by atoms with van der Waals surface area (Å²) in [5, 5.41) is 13.5. The smallest absolute Gasteiger partial charge is 0.258 e. The zero-order valence-electron chi connectivity index (χ0n) is 17.7. The largest absolute Gasteiger partial charge is 0.387 e. The van der Waals surface area contributed by atoms with Crippen LogP contribution in [0, 0.1) is 12.8 Å². The summed E-state index contributed by atoms with van der Waals surface area (Å²) in [4.78, 5) is 33.7. The Morgan fingerprint density at radius 3 is 2.68 bits per heavy atom. The van der Waals surface area contributed by atoms with Crippen LogP contribution in [0.25, 0.3) is 22.0 Å². The van der Waals surface area contributed by atoms with Crippen LogP contribution in [0.4, 0.5) is 10.2 Å². The van der Waals surface area contributed by atoms with Crippen molar-refractivity contribution in [3.8, 4) is 11.1 Å². The molecule has 1 amide bonds. The lowest BCUT2D eigenvalue weighted by Crippen LogP contribution is -2.20. The summed E-state index contributed by atoms with van der Waals surface area (Å²) >= 11 is 0. The third-order valence-electron chi connectivity index (χ3n) is 5.73. The number of fused-ring (bicyclic) bond motifs is 1. The molecule has 3 atom stereocenters. The summed E-state index contributed by atoms with van der Waals surface area (Å²) < 4.78 is 14.6.